The van der Waals surface area contributed by atoms with Crippen LogP contribution in [-0.4, -0.2) is 24.2 Å². The topological polar surface area (TPSA) is 64.2 Å². The van der Waals surface area contributed by atoms with Crippen molar-refractivity contribution in [1.82, 2.24) is 9.97 Å². The summed E-state index contributed by atoms with van der Waals surface area (Å²) < 4.78 is 10.3. The second kappa shape index (κ2) is 4.69. The van der Waals surface area contributed by atoms with E-state index in [2.05, 4.69) is 9.97 Å². The normalized spacial score (nSPS) is 10.0. The molecular weight excluding hydrogens is 220 g/mol. The predicted molar refractivity (Wildman–Crippen MR) is 63.4 cm³/mol. The van der Waals surface area contributed by atoms with Gasteiger partial charge in [-0.25, -0.2) is 9.78 Å². The van der Waals surface area contributed by atoms with Gasteiger partial charge >= 0.3 is 5.69 Å². The number of aromatic nitrogens is 2. The molecule has 17 heavy (non-hydrogen) atoms. The molecule has 0 saturated carbocycles. The van der Waals surface area contributed by atoms with E-state index >= 15 is 0 Å². The summed E-state index contributed by atoms with van der Waals surface area (Å²) in [6, 6.07) is 7.15. The number of H-pyrrole nitrogens is 1. The molecule has 0 fully saturated rings. The minimum Gasteiger partial charge on any atom is -0.493 e. The molecule has 0 amide bonds. The molecular formula is C12H12N2O3. The molecule has 2 aromatic rings. The first-order valence-corrected chi connectivity index (χ1v) is 5.02. The Hall–Kier alpha value is -2.30. The van der Waals surface area contributed by atoms with E-state index in [1.807, 2.05) is 6.07 Å². The van der Waals surface area contributed by atoms with Crippen LogP contribution in [0.5, 0.6) is 11.5 Å². The Morgan fingerprint density at radius 2 is 1.88 bits per heavy atom. The number of nitrogens with one attached hydrogen (secondary N) is 1. The number of aromatic amines is 1. The van der Waals surface area contributed by atoms with Crippen molar-refractivity contribution in [3.8, 4) is 22.8 Å². The molecule has 0 aliphatic carbocycles. The predicted octanol–water partition coefficient (Wildman–Crippen LogP) is 1.45. The van der Waals surface area contributed by atoms with Crippen LogP contribution < -0.4 is 15.2 Å². The van der Waals surface area contributed by atoms with Crippen LogP contribution in [0, 0.1) is 0 Å². The molecule has 5 nitrogen and oxygen atoms in total. The van der Waals surface area contributed by atoms with E-state index in [1.54, 1.807) is 32.4 Å². The van der Waals surface area contributed by atoms with Gasteiger partial charge in [-0.05, 0) is 24.3 Å². The second-order valence-electron chi connectivity index (χ2n) is 3.36. The molecule has 1 heterocycles. The van der Waals surface area contributed by atoms with Crippen LogP contribution in [0.25, 0.3) is 11.3 Å². The van der Waals surface area contributed by atoms with Gasteiger partial charge < -0.3 is 14.5 Å². The maximum Gasteiger partial charge on any atom is 0.345 e. The summed E-state index contributed by atoms with van der Waals surface area (Å²) in [5, 5.41) is 0. The number of ether oxygens (including phenoxy) is 2. The molecule has 0 radical (unpaired) electrons. The summed E-state index contributed by atoms with van der Waals surface area (Å²) >= 11 is 0. The van der Waals surface area contributed by atoms with Crippen molar-refractivity contribution in [3.05, 3.63) is 40.9 Å². The van der Waals surface area contributed by atoms with Gasteiger partial charge in [0.15, 0.2) is 11.5 Å². The van der Waals surface area contributed by atoms with Crippen molar-refractivity contribution in [2.24, 2.45) is 0 Å². The quantitative estimate of drug-likeness (QED) is 0.870. The van der Waals surface area contributed by atoms with E-state index in [-0.39, 0.29) is 5.69 Å². The first-order valence-electron chi connectivity index (χ1n) is 5.02. The Kier molecular flexibility index (Phi) is 3.09. The molecule has 0 atom stereocenters. The van der Waals surface area contributed by atoms with Gasteiger partial charge in [0, 0.05) is 11.8 Å². The van der Waals surface area contributed by atoms with Crippen LogP contribution in [0.4, 0.5) is 0 Å². The van der Waals surface area contributed by atoms with Crippen molar-refractivity contribution in [2.45, 2.75) is 0 Å². The first-order chi connectivity index (χ1) is 8.24. The monoisotopic (exact) mass is 232 g/mol. The zero-order valence-corrected chi connectivity index (χ0v) is 9.56. The van der Waals surface area contributed by atoms with Crippen molar-refractivity contribution in [1.29, 1.82) is 0 Å². The standard InChI is InChI=1S/C12H12N2O3/c1-16-10-4-3-8(7-11(10)17-2)9-5-6-13-12(15)14-9/h3-7H,1-2H3,(H,13,14,15). The zero-order valence-electron chi connectivity index (χ0n) is 9.56. The van der Waals surface area contributed by atoms with Crippen LogP contribution in [0.2, 0.25) is 0 Å². The largest absolute Gasteiger partial charge is 0.493 e. The van der Waals surface area contributed by atoms with Gasteiger partial charge in [-0.15, -0.1) is 0 Å². The number of methoxy groups -OCH3 is 2. The minimum atomic E-state index is -0.378. The lowest BCUT2D eigenvalue weighted by atomic mass is 10.1. The number of benzene rings is 1. The second-order valence-corrected chi connectivity index (χ2v) is 3.36. The highest BCUT2D eigenvalue weighted by Crippen LogP contribution is 2.30. The summed E-state index contributed by atoms with van der Waals surface area (Å²) in [5.74, 6) is 1.26. The smallest absolute Gasteiger partial charge is 0.345 e. The summed E-state index contributed by atoms with van der Waals surface area (Å²) in [6.45, 7) is 0. The van der Waals surface area contributed by atoms with Crippen molar-refractivity contribution in [2.75, 3.05) is 14.2 Å². The summed E-state index contributed by atoms with van der Waals surface area (Å²) in [5.41, 5.74) is 1.14. The lowest BCUT2D eigenvalue weighted by Crippen LogP contribution is -2.09. The average Bonchev–Trinajstić information content (AvgIpc) is 2.38. The van der Waals surface area contributed by atoms with E-state index in [0.717, 1.165) is 5.56 Å². The number of hydrogen-bond donors (Lipinski definition) is 1. The van der Waals surface area contributed by atoms with Crippen LogP contribution in [0.15, 0.2) is 35.3 Å². The van der Waals surface area contributed by atoms with Gasteiger partial charge in [0.1, 0.15) is 0 Å². The van der Waals surface area contributed by atoms with Crippen LogP contribution >= 0.6 is 0 Å². The third-order valence-corrected chi connectivity index (χ3v) is 2.37. The lowest BCUT2D eigenvalue weighted by Gasteiger charge is -2.09. The van der Waals surface area contributed by atoms with Gasteiger partial charge in [0.05, 0.1) is 19.9 Å². The van der Waals surface area contributed by atoms with Gasteiger partial charge in [-0.2, -0.15) is 0 Å². The van der Waals surface area contributed by atoms with E-state index in [1.165, 1.54) is 6.20 Å². The van der Waals surface area contributed by atoms with Gasteiger partial charge in [-0.3, -0.25) is 0 Å². The van der Waals surface area contributed by atoms with Crippen LogP contribution in [0.3, 0.4) is 0 Å². The Balaban J connectivity index is 2.50. The molecule has 88 valence electrons. The molecule has 0 aliphatic rings. The third-order valence-electron chi connectivity index (χ3n) is 2.37. The Morgan fingerprint density at radius 1 is 1.12 bits per heavy atom. The highest BCUT2D eigenvalue weighted by molar-refractivity contribution is 5.63. The lowest BCUT2D eigenvalue weighted by molar-refractivity contribution is 0.355. The molecule has 1 aromatic carbocycles. The Morgan fingerprint density at radius 3 is 2.53 bits per heavy atom. The van der Waals surface area contributed by atoms with Gasteiger partial charge in [0.2, 0.25) is 0 Å². The van der Waals surface area contributed by atoms with Gasteiger partial charge in [-0.1, -0.05) is 0 Å². The molecule has 1 aromatic heterocycles. The fraction of sp³-hybridized carbons (Fsp3) is 0.167. The molecule has 5 heteroatoms. The SMILES string of the molecule is COc1ccc(-c2ccnc(=O)[nH]2)cc1OC. The molecule has 0 aliphatic heterocycles. The van der Waals surface area contributed by atoms with Crippen molar-refractivity contribution in [3.63, 3.8) is 0 Å². The number of nitrogens with zero attached hydrogens (tertiary/aromatic N) is 1. The number of rotatable bonds is 3. The Bertz CT molecular complexity index is 578. The van der Waals surface area contributed by atoms with E-state index < -0.39 is 0 Å². The minimum absolute atomic E-state index is 0.378. The first kappa shape index (κ1) is 11.2. The molecule has 0 spiro atoms. The maximum absolute atomic E-state index is 11.1. The highest BCUT2D eigenvalue weighted by atomic mass is 16.5. The molecule has 1 N–H and O–H groups in total. The van der Waals surface area contributed by atoms with Crippen LogP contribution in [0.1, 0.15) is 0 Å². The molecule has 0 bridgehead atoms. The van der Waals surface area contributed by atoms with Gasteiger partial charge in [0.25, 0.3) is 0 Å². The molecule has 0 saturated heterocycles. The van der Waals surface area contributed by atoms with E-state index in [4.69, 9.17) is 9.47 Å². The maximum atomic E-state index is 11.1. The van der Waals surface area contributed by atoms with E-state index in [9.17, 15) is 4.79 Å². The highest BCUT2D eigenvalue weighted by Gasteiger charge is 2.06. The fourth-order valence-electron chi connectivity index (χ4n) is 1.54. The zero-order chi connectivity index (χ0) is 12.3. The fourth-order valence-corrected chi connectivity index (χ4v) is 1.54. The van der Waals surface area contributed by atoms with Crippen LogP contribution in [-0.2, 0) is 0 Å². The van der Waals surface area contributed by atoms with Crippen molar-refractivity contribution < 1.29 is 9.47 Å². The van der Waals surface area contributed by atoms with Crippen molar-refractivity contribution >= 4 is 0 Å². The molecule has 0 unspecified atom stereocenters. The Labute approximate surface area is 98.0 Å². The third kappa shape index (κ3) is 2.28. The summed E-state index contributed by atoms with van der Waals surface area (Å²) in [6.07, 6.45) is 1.46. The van der Waals surface area contributed by atoms with E-state index in [0.29, 0.717) is 17.2 Å². The summed E-state index contributed by atoms with van der Waals surface area (Å²) in [4.78, 5) is 17.3. The summed E-state index contributed by atoms with van der Waals surface area (Å²) in [7, 11) is 3.14. The molecule has 2 rings (SSSR count). The average molecular weight is 232 g/mol. The number of hydrogen-bond acceptors (Lipinski definition) is 4.